The molecule has 0 aliphatic heterocycles. The van der Waals surface area contributed by atoms with Crippen LogP contribution in [0.3, 0.4) is 0 Å². The van der Waals surface area contributed by atoms with Crippen LogP contribution in [0.5, 0.6) is 0 Å². The number of hydrogen-bond acceptors (Lipinski definition) is 0. The van der Waals surface area contributed by atoms with E-state index in [4.69, 9.17) is 0 Å². The van der Waals surface area contributed by atoms with Gasteiger partial charge in [0.05, 0.1) is 0 Å². The molecular weight excluding hydrogens is 200 g/mol. The molecule has 1 fully saturated rings. The molecule has 1 saturated carbocycles. The van der Waals surface area contributed by atoms with Crippen molar-refractivity contribution < 1.29 is 0 Å². The van der Waals surface area contributed by atoms with Crippen LogP contribution in [0.2, 0.25) is 0 Å². The van der Waals surface area contributed by atoms with Gasteiger partial charge in [-0.25, -0.2) is 0 Å². The number of allylic oxidation sites excluding steroid dienone is 2. The van der Waals surface area contributed by atoms with Crippen molar-refractivity contribution >= 4 is 15.9 Å². The average Bonchev–Trinajstić information content (AvgIpc) is 1.97. The number of halogens is 1. The summed E-state index contributed by atoms with van der Waals surface area (Å²) < 4.78 is 0. The highest BCUT2D eigenvalue weighted by molar-refractivity contribution is 9.09. The van der Waals surface area contributed by atoms with Crippen molar-refractivity contribution in [3.05, 3.63) is 11.6 Å². The predicted molar refractivity (Wildman–Crippen MR) is 54.1 cm³/mol. The molecule has 0 aromatic rings. The second-order valence-corrected chi connectivity index (χ2v) is 4.24. The lowest BCUT2D eigenvalue weighted by molar-refractivity contribution is 0.403. The highest BCUT2D eigenvalue weighted by Crippen LogP contribution is 2.33. The van der Waals surface area contributed by atoms with Gasteiger partial charge in [-0.2, -0.15) is 0 Å². The molecule has 0 aromatic heterocycles. The van der Waals surface area contributed by atoms with E-state index >= 15 is 0 Å². The molecule has 0 spiro atoms. The van der Waals surface area contributed by atoms with E-state index in [1.54, 1.807) is 5.57 Å². The Morgan fingerprint density at radius 3 is 2.36 bits per heavy atom. The summed E-state index contributed by atoms with van der Waals surface area (Å²) in [6.07, 6.45) is 6.56. The van der Waals surface area contributed by atoms with E-state index in [0.717, 1.165) is 17.2 Å². The minimum atomic E-state index is 0.830. The summed E-state index contributed by atoms with van der Waals surface area (Å²) in [4.78, 5) is 0. The Bertz CT molecular complexity index is 137. The summed E-state index contributed by atoms with van der Waals surface area (Å²) >= 11 is 3.46. The molecule has 1 aliphatic rings. The van der Waals surface area contributed by atoms with Gasteiger partial charge in [0.25, 0.3) is 0 Å². The third kappa shape index (κ3) is 2.33. The zero-order valence-corrected chi connectivity index (χ0v) is 9.02. The SMILES string of the molecule is CC1CCCC(C)C1=CCBr. The van der Waals surface area contributed by atoms with E-state index in [9.17, 15) is 0 Å². The van der Waals surface area contributed by atoms with Crippen LogP contribution in [-0.4, -0.2) is 5.33 Å². The van der Waals surface area contributed by atoms with Crippen LogP contribution in [0.15, 0.2) is 11.6 Å². The van der Waals surface area contributed by atoms with Crippen LogP contribution in [0, 0.1) is 11.8 Å². The van der Waals surface area contributed by atoms with Crippen LogP contribution in [-0.2, 0) is 0 Å². The third-order valence-electron chi connectivity index (χ3n) is 2.73. The van der Waals surface area contributed by atoms with E-state index < -0.39 is 0 Å². The minimum Gasteiger partial charge on any atom is -0.0883 e. The molecule has 11 heavy (non-hydrogen) atoms. The first-order valence-electron chi connectivity index (χ1n) is 4.51. The second-order valence-electron chi connectivity index (χ2n) is 3.59. The Labute approximate surface area is 78.2 Å². The monoisotopic (exact) mass is 216 g/mol. The van der Waals surface area contributed by atoms with E-state index in [1.807, 2.05) is 0 Å². The fourth-order valence-corrected chi connectivity index (χ4v) is 2.41. The van der Waals surface area contributed by atoms with Gasteiger partial charge in [0, 0.05) is 5.33 Å². The zero-order chi connectivity index (χ0) is 8.27. The molecular formula is C10H17Br. The van der Waals surface area contributed by atoms with Crippen LogP contribution >= 0.6 is 15.9 Å². The molecule has 0 aromatic carbocycles. The smallest absolute Gasteiger partial charge is 0.0214 e. The molecule has 0 nitrogen and oxygen atoms in total. The van der Waals surface area contributed by atoms with Gasteiger partial charge in [0.2, 0.25) is 0 Å². The van der Waals surface area contributed by atoms with E-state index in [2.05, 4.69) is 35.9 Å². The van der Waals surface area contributed by atoms with Crippen molar-refractivity contribution in [1.29, 1.82) is 0 Å². The highest BCUT2D eigenvalue weighted by atomic mass is 79.9. The van der Waals surface area contributed by atoms with Gasteiger partial charge < -0.3 is 0 Å². The number of hydrogen-bond donors (Lipinski definition) is 0. The zero-order valence-electron chi connectivity index (χ0n) is 7.44. The van der Waals surface area contributed by atoms with Crippen LogP contribution in [0.4, 0.5) is 0 Å². The van der Waals surface area contributed by atoms with E-state index in [0.29, 0.717) is 0 Å². The molecule has 1 aliphatic carbocycles. The topological polar surface area (TPSA) is 0 Å². The Hall–Kier alpha value is 0.220. The quantitative estimate of drug-likeness (QED) is 0.463. The molecule has 1 rings (SSSR count). The first-order valence-corrected chi connectivity index (χ1v) is 5.63. The van der Waals surface area contributed by atoms with Gasteiger partial charge in [-0.15, -0.1) is 0 Å². The van der Waals surface area contributed by atoms with Crippen molar-refractivity contribution in [2.45, 2.75) is 33.1 Å². The van der Waals surface area contributed by atoms with E-state index in [1.165, 1.54) is 19.3 Å². The van der Waals surface area contributed by atoms with Crippen molar-refractivity contribution in [3.63, 3.8) is 0 Å². The van der Waals surface area contributed by atoms with Crippen molar-refractivity contribution in [1.82, 2.24) is 0 Å². The minimum absolute atomic E-state index is 0.830. The first-order chi connectivity index (χ1) is 5.25. The molecule has 2 unspecified atom stereocenters. The van der Waals surface area contributed by atoms with Gasteiger partial charge in [-0.1, -0.05) is 47.8 Å². The lowest BCUT2D eigenvalue weighted by Gasteiger charge is -2.27. The molecule has 0 bridgehead atoms. The summed E-state index contributed by atoms with van der Waals surface area (Å²) in [6.45, 7) is 4.70. The van der Waals surface area contributed by atoms with Crippen LogP contribution in [0.25, 0.3) is 0 Å². The lowest BCUT2D eigenvalue weighted by atomic mass is 9.78. The van der Waals surface area contributed by atoms with Crippen LogP contribution < -0.4 is 0 Å². The lowest BCUT2D eigenvalue weighted by Crippen LogP contribution is -2.14. The molecule has 0 saturated heterocycles. The Morgan fingerprint density at radius 2 is 1.91 bits per heavy atom. The van der Waals surface area contributed by atoms with Gasteiger partial charge in [-0.05, 0) is 24.7 Å². The average molecular weight is 217 g/mol. The Kier molecular flexibility index (Phi) is 3.64. The molecule has 0 amide bonds. The fraction of sp³-hybridized carbons (Fsp3) is 0.800. The number of rotatable bonds is 1. The van der Waals surface area contributed by atoms with Crippen molar-refractivity contribution in [3.8, 4) is 0 Å². The summed E-state index contributed by atoms with van der Waals surface area (Å²) in [5.74, 6) is 1.66. The van der Waals surface area contributed by atoms with E-state index in [-0.39, 0.29) is 0 Å². The largest absolute Gasteiger partial charge is 0.0883 e. The second kappa shape index (κ2) is 4.30. The predicted octanol–water partition coefficient (Wildman–Crippen LogP) is 3.76. The summed E-state index contributed by atoms with van der Waals surface area (Å²) in [7, 11) is 0. The normalized spacial score (nSPS) is 32.1. The van der Waals surface area contributed by atoms with Crippen LogP contribution in [0.1, 0.15) is 33.1 Å². The summed E-state index contributed by atoms with van der Waals surface area (Å²) in [5.41, 5.74) is 1.67. The standard InChI is InChI=1S/C10H17Br/c1-8-4-3-5-9(2)10(8)6-7-11/h6,8-9H,3-5,7H2,1-2H3. The first kappa shape index (κ1) is 9.31. The molecule has 64 valence electrons. The summed E-state index contributed by atoms with van der Waals surface area (Å²) in [5, 5.41) is 1.02. The van der Waals surface area contributed by atoms with Gasteiger partial charge >= 0.3 is 0 Å². The maximum absolute atomic E-state index is 3.46. The maximum Gasteiger partial charge on any atom is 0.0214 e. The molecule has 0 radical (unpaired) electrons. The molecule has 1 heteroatoms. The van der Waals surface area contributed by atoms with Gasteiger partial charge in [0.15, 0.2) is 0 Å². The fourth-order valence-electron chi connectivity index (χ4n) is 2.04. The maximum atomic E-state index is 3.46. The molecule has 0 heterocycles. The highest BCUT2D eigenvalue weighted by Gasteiger charge is 2.19. The third-order valence-corrected chi connectivity index (χ3v) is 3.05. The van der Waals surface area contributed by atoms with Gasteiger partial charge in [0.1, 0.15) is 0 Å². The van der Waals surface area contributed by atoms with Crippen molar-refractivity contribution in [2.75, 3.05) is 5.33 Å². The molecule has 2 atom stereocenters. The summed E-state index contributed by atoms with van der Waals surface area (Å²) in [6, 6.07) is 0. The number of alkyl halides is 1. The van der Waals surface area contributed by atoms with Gasteiger partial charge in [-0.3, -0.25) is 0 Å². The molecule has 0 N–H and O–H groups in total. The van der Waals surface area contributed by atoms with Crippen molar-refractivity contribution in [2.24, 2.45) is 11.8 Å². The Morgan fingerprint density at radius 1 is 1.36 bits per heavy atom. The Balaban J connectivity index is 2.62.